The summed E-state index contributed by atoms with van der Waals surface area (Å²) in [6, 6.07) is 12.6. The zero-order valence-corrected chi connectivity index (χ0v) is 20.9. The van der Waals surface area contributed by atoms with Crippen LogP contribution in [0.4, 0.5) is 18.9 Å². The van der Waals surface area contributed by atoms with E-state index in [0.717, 1.165) is 57.4 Å². The summed E-state index contributed by atoms with van der Waals surface area (Å²) < 4.78 is 50.7. The standard InChI is InChI=1S/C28H35F3N2O3/c1-19-3-6-23(17-26(19)28(29,30)31)32-22-7-11-25(12-8-22)36-18-27(34)33-15-13-21(14-16-33)20-4-9-24(35-2)10-5-20/h3-6,9-10,17,21-22,25,32H,7-8,11-16,18H2,1-2H3. The van der Waals surface area contributed by atoms with E-state index in [1.807, 2.05) is 17.0 Å². The van der Waals surface area contributed by atoms with Crippen molar-refractivity contribution in [2.24, 2.45) is 0 Å². The van der Waals surface area contributed by atoms with E-state index in [4.69, 9.17) is 9.47 Å². The topological polar surface area (TPSA) is 50.8 Å². The van der Waals surface area contributed by atoms with Gasteiger partial charge in [0.25, 0.3) is 0 Å². The predicted molar refractivity (Wildman–Crippen MR) is 133 cm³/mol. The number of rotatable bonds is 7. The molecule has 2 aromatic rings. The molecule has 1 aliphatic heterocycles. The fourth-order valence-electron chi connectivity index (χ4n) is 5.25. The minimum atomic E-state index is -4.36. The number of alkyl halides is 3. The smallest absolute Gasteiger partial charge is 0.416 e. The predicted octanol–water partition coefficient (Wildman–Crippen LogP) is 6.17. The van der Waals surface area contributed by atoms with E-state index in [1.54, 1.807) is 13.2 Å². The van der Waals surface area contributed by atoms with Gasteiger partial charge in [0.1, 0.15) is 12.4 Å². The van der Waals surface area contributed by atoms with Gasteiger partial charge in [0, 0.05) is 24.8 Å². The minimum absolute atomic E-state index is 0.00703. The Morgan fingerprint density at radius 3 is 2.28 bits per heavy atom. The highest BCUT2D eigenvalue weighted by Crippen LogP contribution is 2.34. The SMILES string of the molecule is COc1ccc(C2CCN(C(=O)COC3CCC(Nc4ccc(C)c(C(F)(F)F)c4)CC3)CC2)cc1. The van der Waals surface area contributed by atoms with Gasteiger partial charge < -0.3 is 19.7 Å². The highest BCUT2D eigenvalue weighted by Gasteiger charge is 2.33. The Labute approximate surface area is 211 Å². The molecule has 0 aromatic heterocycles. The molecule has 2 aliphatic rings. The maximum atomic E-state index is 13.2. The van der Waals surface area contributed by atoms with Crippen molar-refractivity contribution in [1.82, 2.24) is 4.90 Å². The molecule has 1 heterocycles. The Morgan fingerprint density at radius 1 is 1.00 bits per heavy atom. The molecule has 1 saturated carbocycles. The van der Waals surface area contributed by atoms with Crippen molar-refractivity contribution >= 4 is 11.6 Å². The second kappa shape index (κ2) is 11.5. The van der Waals surface area contributed by atoms with Gasteiger partial charge in [-0.25, -0.2) is 0 Å². The summed E-state index contributed by atoms with van der Waals surface area (Å²) in [5.41, 5.74) is 1.39. The summed E-state index contributed by atoms with van der Waals surface area (Å²) in [5, 5.41) is 3.24. The number of aryl methyl sites for hydroxylation is 1. The number of likely N-dealkylation sites (tertiary alicyclic amines) is 1. The third-order valence-corrected chi connectivity index (χ3v) is 7.47. The number of carbonyl (C=O) groups excluding carboxylic acids is 1. The summed E-state index contributed by atoms with van der Waals surface area (Å²) in [4.78, 5) is 14.6. The van der Waals surface area contributed by atoms with Gasteiger partial charge in [0.15, 0.2) is 0 Å². The summed E-state index contributed by atoms with van der Waals surface area (Å²) in [6.07, 6.45) is 0.666. The highest BCUT2D eigenvalue weighted by molar-refractivity contribution is 5.77. The number of halogens is 3. The Hall–Kier alpha value is -2.74. The first kappa shape index (κ1) is 26.3. The third kappa shape index (κ3) is 6.72. The molecule has 1 saturated heterocycles. The molecule has 4 rings (SSSR count). The van der Waals surface area contributed by atoms with Crippen LogP contribution in [0.5, 0.6) is 5.75 Å². The summed E-state index contributed by atoms with van der Waals surface area (Å²) in [7, 11) is 1.66. The number of ether oxygens (including phenoxy) is 2. The van der Waals surface area contributed by atoms with Gasteiger partial charge in [-0.1, -0.05) is 18.2 Å². The Kier molecular flexibility index (Phi) is 8.44. The zero-order valence-electron chi connectivity index (χ0n) is 20.9. The van der Waals surface area contributed by atoms with Crippen LogP contribution in [0.1, 0.15) is 61.1 Å². The number of anilines is 1. The van der Waals surface area contributed by atoms with Gasteiger partial charge in [0.05, 0.1) is 18.8 Å². The van der Waals surface area contributed by atoms with E-state index in [-0.39, 0.29) is 30.2 Å². The maximum absolute atomic E-state index is 13.2. The molecule has 1 aliphatic carbocycles. The van der Waals surface area contributed by atoms with Gasteiger partial charge in [-0.05, 0) is 86.8 Å². The molecular formula is C28H35F3N2O3. The van der Waals surface area contributed by atoms with E-state index in [1.165, 1.54) is 24.6 Å². The van der Waals surface area contributed by atoms with Crippen LogP contribution in [-0.2, 0) is 15.7 Å². The number of hydrogen-bond acceptors (Lipinski definition) is 4. The molecule has 1 amide bonds. The number of amides is 1. The highest BCUT2D eigenvalue weighted by atomic mass is 19.4. The Balaban J connectivity index is 1.17. The molecule has 0 unspecified atom stereocenters. The van der Waals surface area contributed by atoms with Gasteiger partial charge in [-0.3, -0.25) is 4.79 Å². The van der Waals surface area contributed by atoms with Gasteiger partial charge in [-0.2, -0.15) is 13.2 Å². The van der Waals surface area contributed by atoms with Crippen LogP contribution in [0, 0.1) is 6.92 Å². The monoisotopic (exact) mass is 504 g/mol. The van der Waals surface area contributed by atoms with Crippen LogP contribution in [0.15, 0.2) is 42.5 Å². The van der Waals surface area contributed by atoms with E-state index < -0.39 is 11.7 Å². The lowest BCUT2D eigenvalue weighted by Gasteiger charge is -2.33. The van der Waals surface area contributed by atoms with Crippen molar-refractivity contribution in [3.63, 3.8) is 0 Å². The number of methoxy groups -OCH3 is 1. The molecule has 0 spiro atoms. The van der Waals surface area contributed by atoms with Gasteiger partial charge in [0.2, 0.25) is 5.91 Å². The molecule has 36 heavy (non-hydrogen) atoms. The van der Waals surface area contributed by atoms with E-state index >= 15 is 0 Å². The van der Waals surface area contributed by atoms with Crippen molar-refractivity contribution in [2.45, 2.75) is 69.7 Å². The molecule has 0 atom stereocenters. The minimum Gasteiger partial charge on any atom is -0.497 e. The summed E-state index contributed by atoms with van der Waals surface area (Å²) >= 11 is 0. The van der Waals surface area contributed by atoms with Gasteiger partial charge in [-0.15, -0.1) is 0 Å². The molecule has 5 nitrogen and oxygen atoms in total. The van der Waals surface area contributed by atoms with Crippen molar-refractivity contribution < 1.29 is 27.4 Å². The quantitative estimate of drug-likeness (QED) is 0.490. The molecule has 2 aromatic carbocycles. The van der Waals surface area contributed by atoms with Crippen LogP contribution in [-0.4, -0.2) is 49.8 Å². The van der Waals surface area contributed by atoms with Gasteiger partial charge >= 0.3 is 6.18 Å². The Bertz CT molecular complexity index is 1010. The fourth-order valence-corrected chi connectivity index (χ4v) is 5.25. The lowest BCUT2D eigenvalue weighted by atomic mass is 9.89. The molecule has 0 radical (unpaired) electrons. The molecular weight excluding hydrogens is 469 g/mol. The molecule has 1 N–H and O–H groups in total. The first-order valence-corrected chi connectivity index (χ1v) is 12.7. The van der Waals surface area contributed by atoms with E-state index in [2.05, 4.69) is 17.4 Å². The van der Waals surface area contributed by atoms with Crippen molar-refractivity contribution in [1.29, 1.82) is 0 Å². The second-order valence-electron chi connectivity index (χ2n) is 9.88. The van der Waals surface area contributed by atoms with Crippen molar-refractivity contribution in [3.05, 3.63) is 59.2 Å². The summed E-state index contributed by atoms with van der Waals surface area (Å²) in [6.45, 7) is 3.01. The molecule has 0 bridgehead atoms. The van der Waals surface area contributed by atoms with Crippen LogP contribution in [0.25, 0.3) is 0 Å². The largest absolute Gasteiger partial charge is 0.497 e. The zero-order chi connectivity index (χ0) is 25.7. The summed E-state index contributed by atoms with van der Waals surface area (Å²) in [5.74, 6) is 1.33. The van der Waals surface area contributed by atoms with Crippen LogP contribution < -0.4 is 10.1 Å². The maximum Gasteiger partial charge on any atom is 0.416 e. The first-order valence-electron chi connectivity index (χ1n) is 12.7. The molecule has 196 valence electrons. The Morgan fingerprint density at radius 2 is 1.67 bits per heavy atom. The number of carbonyl (C=O) groups is 1. The lowest BCUT2D eigenvalue weighted by Crippen LogP contribution is -2.41. The number of benzene rings is 2. The number of nitrogens with one attached hydrogen (secondary N) is 1. The first-order chi connectivity index (χ1) is 17.2. The van der Waals surface area contributed by atoms with Crippen molar-refractivity contribution in [3.8, 4) is 5.75 Å². The van der Waals surface area contributed by atoms with Crippen molar-refractivity contribution in [2.75, 3.05) is 32.1 Å². The van der Waals surface area contributed by atoms with E-state index in [0.29, 0.717) is 11.6 Å². The fraction of sp³-hybridized carbons (Fsp3) is 0.536. The van der Waals surface area contributed by atoms with Crippen LogP contribution in [0.3, 0.4) is 0 Å². The van der Waals surface area contributed by atoms with E-state index in [9.17, 15) is 18.0 Å². The average molecular weight is 505 g/mol. The average Bonchev–Trinajstić information content (AvgIpc) is 2.88. The lowest BCUT2D eigenvalue weighted by molar-refractivity contribution is -0.140. The normalized spacial score (nSPS) is 21.3. The van der Waals surface area contributed by atoms with Crippen LogP contribution in [0.2, 0.25) is 0 Å². The van der Waals surface area contributed by atoms with Crippen LogP contribution >= 0.6 is 0 Å². The number of nitrogens with zero attached hydrogens (tertiary/aromatic N) is 1. The number of piperidine rings is 1. The molecule has 2 fully saturated rings. The second-order valence-corrected chi connectivity index (χ2v) is 9.88. The number of hydrogen-bond donors (Lipinski definition) is 1. The molecule has 8 heteroatoms. The third-order valence-electron chi connectivity index (χ3n) is 7.47.